The highest BCUT2D eigenvalue weighted by atomic mass is 16.4. The van der Waals surface area contributed by atoms with Crippen molar-refractivity contribution in [2.45, 2.75) is 40.2 Å². The minimum Gasteiger partial charge on any atom is -0.481 e. The Morgan fingerprint density at radius 2 is 1.76 bits per heavy atom. The number of nitrogens with two attached hydrogens (primary N) is 1. The molecule has 116 valence electrons. The average molecular weight is 292 g/mol. The van der Waals surface area contributed by atoms with Gasteiger partial charge in [0.15, 0.2) is 0 Å². The molecule has 0 radical (unpaired) electrons. The van der Waals surface area contributed by atoms with Crippen LogP contribution in [0.1, 0.15) is 32.8 Å². The number of hydrogen-bond donors (Lipinski definition) is 2. The van der Waals surface area contributed by atoms with Crippen molar-refractivity contribution in [3.63, 3.8) is 0 Å². The Morgan fingerprint density at radius 1 is 1.24 bits per heavy atom. The second-order valence-electron chi connectivity index (χ2n) is 6.31. The van der Waals surface area contributed by atoms with Gasteiger partial charge in [0.25, 0.3) is 0 Å². The number of carboxylic acids is 1. The fraction of sp³-hybridized carbons (Fsp3) is 0.500. The predicted molar refractivity (Wildman–Crippen MR) is 83.2 cm³/mol. The number of amides is 1. The van der Waals surface area contributed by atoms with E-state index in [1.54, 1.807) is 0 Å². The summed E-state index contributed by atoms with van der Waals surface area (Å²) in [4.78, 5) is 24.9. The molecule has 0 saturated heterocycles. The Balaban J connectivity index is 3.04. The fourth-order valence-electron chi connectivity index (χ4n) is 1.84. The molecule has 0 heterocycles. The molecule has 0 bridgehead atoms. The summed E-state index contributed by atoms with van der Waals surface area (Å²) in [5.74, 6) is -1.20. The van der Waals surface area contributed by atoms with Gasteiger partial charge in [-0.1, -0.05) is 38.5 Å². The van der Waals surface area contributed by atoms with E-state index >= 15 is 0 Å². The molecule has 5 nitrogen and oxygen atoms in total. The quantitative estimate of drug-likeness (QED) is 0.871. The van der Waals surface area contributed by atoms with E-state index in [-0.39, 0.29) is 24.3 Å². The molecule has 21 heavy (non-hydrogen) atoms. The summed E-state index contributed by atoms with van der Waals surface area (Å²) in [6, 6.07) is 6.71. The third-order valence-electron chi connectivity index (χ3n) is 3.36. The standard InChI is InChI=1S/C16H24N2O3/c1-11-5-7-12(8-6-11)18(10-9-13(19)20)15(21)14(17)16(2,3)4/h5-8,14H,9-10,17H2,1-4H3,(H,19,20)/t14-/m1/s1. The summed E-state index contributed by atoms with van der Waals surface area (Å²) in [6.07, 6.45) is -0.115. The molecule has 0 aliphatic carbocycles. The van der Waals surface area contributed by atoms with E-state index in [4.69, 9.17) is 10.8 Å². The smallest absolute Gasteiger partial charge is 0.305 e. The van der Waals surface area contributed by atoms with Crippen LogP contribution in [0.25, 0.3) is 0 Å². The summed E-state index contributed by atoms with van der Waals surface area (Å²) in [5.41, 5.74) is 7.39. The number of benzene rings is 1. The van der Waals surface area contributed by atoms with Gasteiger partial charge in [-0.15, -0.1) is 0 Å². The van der Waals surface area contributed by atoms with E-state index in [1.807, 2.05) is 52.0 Å². The third-order valence-corrected chi connectivity index (χ3v) is 3.36. The van der Waals surface area contributed by atoms with Gasteiger partial charge in [-0.3, -0.25) is 9.59 Å². The van der Waals surface area contributed by atoms with Crippen LogP contribution >= 0.6 is 0 Å². The minimum absolute atomic E-state index is 0.112. The number of anilines is 1. The van der Waals surface area contributed by atoms with Crippen molar-refractivity contribution in [3.05, 3.63) is 29.8 Å². The molecule has 0 spiro atoms. The number of aryl methyl sites for hydroxylation is 1. The van der Waals surface area contributed by atoms with Crippen LogP contribution in [-0.2, 0) is 9.59 Å². The number of carbonyl (C=O) groups excluding carboxylic acids is 1. The third kappa shape index (κ3) is 4.86. The van der Waals surface area contributed by atoms with Gasteiger partial charge in [-0.25, -0.2) is 0 Å². The lowest BCUT2D eigenvalue weighted by Gasteiger charge is -2.32. The van der Waals surface area contributed by atoms with Crippen LogP contribution in [0.4, 0.5) is 5.69 Å². The molecule has 0 unspecified atom stereocenters. The monoisotopic (exact) mass is 292 g/mol. The first-order valence-electron chi connectivity index (χ1n) is 6.98. The SMILES string of the molecule is Cc1ccc(N(CCC(=O)O)C(=O)[C@@H](N)C(C)(C)C)cc1. The Hall–Kier alpha value is -1.88. The van der Waals surface area contributed by atoms with Gasteiger partial charge < -0.3 is 15.7 Å². The highest BCUT2D eigenvalue weighted by Gasteiger charge is 2.31. The van der Waals surface area contributed by atoms with Crippen LogP contribution in [0.15, 0.2) is 24.3 Å². The molecule has 0 aromatic heterocycles. The molecule has 5 heteroatoms. The molecule has 0 fully saturated rings. The van der Waals surface area contributed by atoms with E-state index in [9.17, 15) is 9.59 Å². The number of carboxylic acid groups (broad SMARTS) is 1. The summed E-state index contributed by atoms with van der Waals surface area (Å²) >= 11 is 0. The van der Waals surface area contributed by atoms with Crippen LogP contribution in [0.2, 0.25) is 0 Å². The Kier molecular flexibility index (Phi) is 5.49. The highest BCUT2D eigenvalue weighted by molar-refractivity contribution is 5.97. The van der Waals surface area contributed by atoms with E-state index in [0.717, 1.165) is 5.56 Å². The van der Waals surface area contributed by atoms with Crippen LogP contribution in [-0.4, -0.2) is 29.6 Å². The van der Waals surface area contributed by atoms with Crippen molar-refractivity contribution < 1.29 is 14.7 Å². The zero-order chi connectivity index (χ0) is 16.2. The molecule has 0 aliphatic heterocycles. The van der Waals surface area contributed by atoms with Gasteiger partial charge in [0.1, 0.15) is 0 Å². The van der Waals surface area contributed by atoms with Gasteiger partial charge in [0, 0.05) is 12.2 Å². The van der Waals surface area contributed by atoms with Crippen molar-refractivity contribution in [1.29, 1.82) is 0 Å². The second-order valence-corrected chi connectivity index (χ2v) is 6.31. The summed E-state index contributed by atoms with van der Waals surface area (Å²) in [7, 11) is 0. The second kappa shape index (κ2) is 6.72. The molecule has 1 aromatic rings. The van der Waals surface area contributed by atoms with E-state index in [2.05, 4.69) is 0 Å². The number of nitrogens with zero attached hydrogens (tertiary/aromatic N) is 1. The van der Waals surface area contributed by atoms with Crippen LogP contribution in [0, 0.1) is 12.3 Å². The van der Waals surface area contributed by atoms with Crippen molar-refractivity contribution in [1.82, 2.24) is 0 Å². The number of rotatable bonds is 5. The first-order valence-corrected chi connectivity index (χ1v) is 6.98. The molecular formula is C16H24N2O3. The number of aliphatic carboxylic acids is 1. The normalized spacial score (nSPS) is 12.8. The maximum absolute atomic E-state index is 12.6. The van der Waals surface area contributed by atoms with Crippen molar-refractivity contribution >= 4 is 17.6 Å². The van der Waals surface area contributed by atoms with Gasteiger partial charge in [0.05, 0.1) is 12.5 Å². The topological polar surface area (TPSA) is 83.6 Å². The molecule has 0 saturated carbocycles. The summed E-state index contributed by atoms with van der Waals surface area (Å²) < 4.78 is 0. The lowest BCUT2D eigenvalue weighted by Crippen LogP contribution is -2.51. The molecule has 3 N–H and O–H groups in total. The number of hydrogen-bond acceptors (Lipinski definition) is 3. The zero-order valence-corrected chi connectivity index (χ0v) is 13.1. The van der Waals surface area contributed by atoms with Crippen molar-refractivity contribution in [3.8, 4) is 0 Å². The van der Waals surface area contributed by atoms with Gasteiger partial charge in [-0.2, -0.15) is 0 Å². The first kappa shape index (κ1) is 17.2. The Labute approximate surface area is 125 Å². The Morgan fingerprint density at radius 3 is 2.19 bits per heavy atom. The minimum atomic E-state index is -0.941. The predicted octanol–water partition coefficient (Wildman–Crippen LogP) is 2.18. The van der Waals surface area contributed by atoms with Crippen LogP contribution < -0.4 is 10.6 Å². The lowest BCUT2D eigenvalue weighted by atomic mass is 9.86. The van der Waals surface area contributed by atoms with E-state index in [1.165, 1.54) is 4.90 Å². The lowest BCUT2D eigenvalue weighted by molar-refractivity contribution is -0.136. The van der Waals surface area contributed by atoms with E-state index in [0.29, 0.717) is 5.69 Å². The first-order chi connectivity index (χ1) is 9.62. The molecule has 1 aromatic carbocycles. The molecule has 1 amide bonds. The largest absolute Gasteiger partial charge is 0.481 e. The van der Waals surface area contributed by atoms with Gasteiger partial charge in [0.2, 0.25) is 5.91 Å². The van der Waals surface area contributed by atoms with Crippen LogP contribution in [0.5, 0.6) is 0 Å². The average Bonchev–Trinajstić information content (AvgIpc) is 2.38. The fourth-order valence-corrected chi connectivity index (χ4v) is 1.84. The van der Waals surface area contributed by atoms with E-state index < -0.39 is 12.0 Å². The van der Waals surface area contributed by atoms with Crippen LogP contribution in [0.3, 0.4) is 0 Å². The summed E-state index contributed by atoms with van der Waals surface area (Å²) in [6.45, 7) is 7.73. The summed E-state index contributed by atoms with van der Waals surface area (Å²) in [5, 5.41) is 8.86. The number of carbonyl (C=O) groups is 2. The highest BCUT2D eigenvalue weighted by Crippen LogP contribution is 2.23. The molecule has 1 rings (SSSR count). The van der Waals surface area contributed by atoms with Crippen molar-refractivity contribution in [2.24, 2.45) is 11.1 Å². The van der Waals surface area contributed by atoms with Crippen molar-refractivity contribution in [2.75, 3.05) is 11.4 Å². The zero-order valence-electron chi connectivity index (χ0n) is 13.1. The maximum atomic E-state index is 12.6. The maximum Gasteiger partial charge on any atom is 0.305 e. The molecular weight excluding hydrogens is 268 g/mol. The molecule has 0 aliphatic rings. The Bertz CT molecular complexity index is 503. The van der Waals surface area contributed by atoms with Gasteiger partial charge >= 0.3 is 5.97 Å². The molecule has 1 atom stereocenters. The van der Waals surface area contributed by atoms with Gasteiger partial charge in [-0.05, 0) is 24.5 Å².